The molecule has 3 N–H and O–H groups in total. The van der Waals surface area contributed by atoms with Crippen molar-refractivity contribution in [3.05, 3.63) is 52.5 Å². The number of hydrogen-bond donors (Lipinski definition) is 3. The molecule has 33 heavy (non-hydrogen) atoms. The van der Waals surface area contributed by atoms with E-state index in [0.29, 0.717) is 5.76 Å². The highest BCUT2D eigenvalue weighted by molar-refractivity contribution is 7.89. The molecule has 1 aliphatic rings. The summed E-state index contributed by atoms with van der Waals surface area (Å²) in [6, 6.07) is 5.88. The summed E-state index contributed by atoms with van der Waals surface area (Å²) >= 11 is 0. The minimum Gasteiger partial charge on any atom is -0.467 e. The number of hydrogen-bond acceptors (Lipinski definition) is 10. The van der Waals surface area contributed by atoms with Crippen molar-refractivity contribution in [2.75, 3.05) is 31.6 Å². The van der Waals surface area contributed by atoms with Gasteiger partial charge in [-0.3, -0.25) is 24.6 Å². The molecule has 0 bridgehead atoms. The fourth-order valence-electron chi connectivity index (χ4n) is 2.79. The second-order valence-electron chi connectivity index (χ2n) is 6.63. The number of carbonyl (C=O) groups is 3. The van der Waals surface area contributed by atoms with Crippen molar-refractivity contribution in [2.24, 2.45) is 0 Å². The van der Waals surface area contributed by atoms with Crippen molar-refractivity contribution in [1.29, 1.82) is 0 Å². The van der Waals surface area contributed by atoms with Crippen LogP contribution in [0, 0.1) is 10.1 Å². The number of rotatable bonds is 10. The zero-order valence-electron chi connectivity index (χ0n) is 17.0. The number of carbonyl (C=O) groups excluding carboxylic acids is 3. The van der Waals surface area contributed by atoms with E-state index in [1.807, 2.05) is 4.72 Å². The van der Waals surface area contributed by atoms with Crippen LogP contribution in [-0.2, 0) is 30.9 Å². The number of nitrogens with one attached hydrogen (secondary N) is 3. The Bertz CT molecular complexity index is 1160. The average molecular weight is 481 g/mol. The minimum atomic E-state index is -4.31. The highest BCUT2D eigenvalue weighted by atomic mass is 32.2. The molecular weight excluding hydrogens is 462 g/mol. The van der Waals surface area contributed by atoms with Crippen LogP contribution < -0.4 is 15.4 Å². The van der Waals surface area contributed by atoms with E-state index in [1.54, 1.807) is 12.1 Å². The molecule has 3 rings (SSSR count). The molecule has 176 valence electrons. The zero-order chi connectivity index (χ0) is 24.0. The summed E-state index contributed by atoms with van der Waals surface area (Å²) < 4.78 is 36.7. The van der Waals surface area contributed by atoms with Crippen molar-refractivity contribution in [3.8, 4) is 0 Å². The van der Waals surface area contributed by atoms with Crippen molar-refractivity contribution < 1.29 is 36.9 Å². The molecule has 15 heteroatoms. The summed E-state index contributed by atoms with van der Waals surface area (Å²) in [5.41, 5.74) is -0.430. The molecule has 1 fully saturated rings. The Morgan fingerprint density at radius 3 is 2.73 bits per heavy atom. The topological polar surface area (TPSA) is 190 Å². The number of imide groups is 1. The smallest absolute Gasteiger partial charge is 0.324 e. The molecule has 3 amide bonds. The van der Waals surface area contributed by atoms with Crippen molar-refractivity contribution in [3.63, 3.8) is 0 Å². The molecule has 0 atom stereocenters. The van der Waals surface area contributed by atoms with E-state index in [4.69, 9.17) is 4.42 Å². The first-order valence-corrected chi connectivity index (χ1v) is 10.9. The number of esters is 1. The van der Waals surface area contributed by atoms with E-state index in [2.05, 4.69) is 15.4 Å². The van der Waals surface area contributed by atoms with Crippen LogP contribution >= 0.6 is 0 Å². The molecule has 14 nitrogen and oxygen atoms in total. The van der Waals surface area contributed by atoms with Gasteiger partial charge in [-0.25, -0.2) is 13.2 Å². The van der Waals surface area contributed by atoms with Gasteiger partial charge in [0.05, 0.1) is 22.6 Å². The third-order valence-corrected chi connectivity index (χ3v) is 5.83. The van der Waals surface area contributed by atoms with Gasteiger partial charge in [-0.15, -0.1) is 0 Å². The number of nitro benzene ring substituents is 1. The Balaban J connectivity index is 1.58. The highest BCUT2D eigenvalue weighted by Crippen LogP contribution is 2.28. The fourth-order valence-corrected chi connectivity index (χ4v) is 3.78. The first-order valence-electron chi connectivity index (χ1n) is 9.45. The number of ether oxygens (including phenoxy) is 1. The summed E-state index contributed by atoms with van der Waals surface area (Å²) in [5.74, 6) is -1.31. The van der Waals surface area contributed by atoms with Crippen LogP contribution in [0.25, 0.3) is 0 Å². The van der Waals surface area contributed by atoms with Gasteiger partial charge in [-0.2, -0.15) is 4.72 Å². The molecular formula is C18H19N5O9S. The van der Waals surface area contributed by atoms with Crippen LogP contribution in [-0.4, -0.2) is 62.4 Å². The van der Waals surface area contributed by atoms with Gasteiger partial charge in [-0.05, 0) is 24.3 Å². The standard InChI is InChI=1S/C18H19N5O9S/c24-16(22-6-5-19-18(22)26)11-32-17(25)10-21-33(29,30)13-3-4-14(15(8-13)23(27)28)20-9-12-2-1-7-31-12/h1-4,7-8,20-21H,5-6,9-11H2,(H,19,26). The predicted octanol–water partition coefficient (Wildman–Crippen LogP) is 0.173. The average Bonchev–Trinajstić information content (AvgIpc) is 3.46. The van der Waals surface area contributed by atoms with Gasteiger partial charge in [0.25, 0.3) is 11.6 Å². The quantitative estimate of drug-likeness (QED) is 0.239. The van der Waals surface area contributed by atoms with Gasteiger partial charge in [0.15, 0.2) is 6.61 Å². The van der Waals surface area contributed by atoms with E-state index in [0.717, 1.165) is 17.0 Å². The maximum absolute atomic E-state index is 12.5. The molecule has 2 heterocycles. The number of nitro groups is 1. The highest BCUT2D eigenvalue weighted by Gasteiger charge is 2.27. The number of urea groups is 1. The van der Waals surface area contributed by atoms with Crippen LogP contribution in [0.15, 0.2) is 45.9 Å². The number of nitrogens with zero attached hydrogens (tertiary/aromatic N) is 2. The van der Waals surface area contributed by atoms with Crippen LogP contribution in [0.2, 0.25) is 0 Å². The van der Waals surface area contributed by atoms with E-state index >= 15 is 0 Å². The Hall–Kier alpha value is -3.98. The monoisotopic (exact) mass is 481 g/mol. The van der Waals surface area contributed by atoms with Gasteiger partial charge in [-0.1, -0.05) is 0 Å². The van der Waals surface area contributed by atoms with E-state index < -0.39 is 56.6 Å². The first-order chi connectivity index (χ1) is 15.7. The lowest BCUT2D eigenvalue weighted by atomic mass is 10.2. The lowest BCUT2D eigenvalue weighted by Crippen LogP contribution is -2.38. The predicted molar refractivity (Wildman–Crippen MR) is 110 cm³/mol. The third-order valence-electron chi connectivity index (χ3n) is 4.43. The molecule has 1 saturated heterocycles. The zero-order valence-corrected chi connectivity index (χ0v) is 17.8. The van der Waals surface area contributed by atoms with E-state index in [9.17, 15) is 32.9 Å². The molecule has 0 aliphatic carbocycles. The van der Waals surface area contributed by atoms with Crippen molar-refractivity contribution in [1.82, 2.24) is 14.9 Å². The van der Waals surface area contributed by atoms with Gasteiger partial charge in [0.2, 0.25) is 10.0 Å². The Morgan fingerprint density at radius 2 is 2.09 bits per heavy atom. The SMILES string of the molecule is O=C(CNS(=O)(=O)c1ccc(NCc2ccco2)c([N+](=O)[O-])c1)OCC(=O)N1CCNC1=O. The van der Waals surface area contributed by atoms with Gasteiger partial charge >= 0.3 is 12.0 Å². The Kier molecular flexibility index (Phi) is 7.24. The molecule has 0 spiro atoms. The maximum atomic E-state index is 12.5. The lowest BCUT2D eigenvalue weighted by molar-refractivity contribution is -0.384. The molecule has 0 unspecified atom stereocenters. The summed E-state index contributed by atoms with van der Waals surface area (Å²) in [6.07, 6.45) is 1.44. The second-order valence-corrected chi connectivity index (χ2v) is 8.40. The Morgan fingerprint density at radius 1 is 1.30 bits per heavy atom. The van der Waals surface area contributed by atoms with Gasteiger partial charge < -0.3 is 19.8 Å². The van der Waals surface area contributed by atoms with Crippen LogP contribution in [0.4, 0.5) is 16.2 Å². The van der Waals surface area contributed by atoms with Crippen LogP contribution in [0.3, 0.4) is 0 Å². The molecule has 1 aliphatic heterocycles. The summed E-state index contributed by atoms with van der Waals surface area (Å²) in [4.78, 5) is 46.1. The number of benzene rings is 1. The fraction of sp³-hybridized carbons (Fsp3) is 0.278. The van der Waals surface area contributed by atoms with E-state index in [1.165, 1.54) is 12.3 Å². The summed E-state index contributed by atoms with van der Waals surface area (Å²) in [7, 11) is -4.31. The first kappa shape index (κ1) is 23.7. The molecule has 0 saturated carbocycles. The van der Waals surface area contributed by atoms with E-state index in [-0.39, 0.29) is 25.3 Å². The second kappa shape index (κ2) is 10.1. The van der Waals surface area contributed by atoms with Crippen molar-refractivity contribution >= 4 is 39.3 Å². The minimum absolute atomic E-state index is 0.0687. The third kappa shape index (κ3) is 6.05. The van der Waals surface area contributed by atoms with Gasteiger partial charge in [0, 0.05) is 19.2 Å². The maximum Gasteiger partial charge on any atom is 0.324 e. The van der Waals surface area contributed by atoms with Crippen molar-refractivity contribution in [2.45, 2.75) is 11.4 Å². The number of furan rings is 1. The number of sulfonamides is 1. The Labute approximate surface area is 187 Å². The largest absolute Gasteiger partial charge is 0.467 e. The number of anilines is 1. The molecule has 1 aromatic carbocycles. The van der Waals surface area contributed by atoms with Crippen LogP contribution in [0.5, 0.6) is 0 Å². The molecule has 2 aromatic rings. The summed E-state index contributed by atoms with van der Waals surface area (Å²) in [5, 5.41) is 16.6. The number of amides is 3. The summed E-state index contributed by atoms with van der Waals surface area (Å²) in [6.45, 7) is -1.01. The van der Waals surface area contributed by atoms with Gasteiger partial charge in [0.1, 0.15) is 18.0 Å². The molecule has 1 aromatic heterocycles. The molecule has 0 radical (unpaired) electrons. The lowest BCUT2D eigenvalue weighted by Gasteiger charge is -2.12. The normalized spacial score (nSPS) is 13.5. The van der Waals surface area contributed by atoms with Crippen LogP contribution in [0.1, 0.15) is 5.76 Å².